The highest BCUT2D eigenvalue weighted by Gasteiger charge is 2.42. The van der Waals surface area contributed by atoms with Gasteiger partial charge in [-0.1, -0.05) is 18.2 Å². The number of hydrogen-bond donors (Lipinski definition) is 0. The van der Waals surface area contributed by atoms with Crippen LogP contribution in [0.2, 0.25) is 0 Å². The van der Waals surface area contributed by atoms with Crippen molar-refractivity contribution in [3.63, 3.8) is 0 Å². The van der Waals surface area contributed by atoms with E-state index in [1.54, 1.807) is 6.07 Å². The molecule has 0 amide bonds. The van der Waals surface area contributed by atoms with Crippen LogP contribution in [0.15, 0.2) is 24.3 Å². The molecule has 0 N–H and O–H groups in total. The fraction of sp³-hybridized carbons (Fsp3) is 0.417. The molecule has 2 atom stereocenters. The van der Waals surface area contributed by atoms with Gasteiger partial charge in [0, 0.05) is 5.92 Å². The van der Waals surface area contributed by atoms with Gasteiger partial charge in [-0.15, -0.1) is 0 Å². The van der Waals surface area contributed by atoms with Gasteiger partial charge in [0.1, 0.15) is 5.78 Å². The quantitative estimate of drug-likeness (QED) is 0.758. The highest BCUT2D eigenvalue weighted by atomic mass is 19.4. The zero-order chi connectivity index (χ0) is 11.9. The lowest BCUT2D eigenvalue weighted by Crippen LogP contribution is -2.05. The Labute approximate surface area is 91.3 Å². The van der Waals surface area contributed by atoms with E-state index in [-0.39, 0.29) is 17.6 Å². The van der Waals surface area contributed by atoms with Crippen molar-refractivity contribution < 1.29 is 18.0 Å². The predicted octanol–water partition coefficient (Wildman–Crippen LogP) is 3.40. The molecule has 1 aliphatic carbocycles. The van der Waals surface area contributed by atoms with Crippen LogP contribution >= 0.6 is 0 Å². The monoisotopic (exact) mass is 228 g/mol. The van der Waals surface area contributed by atoms with E-state index in [9.17, 15) is 18.0 Å². The van der Waals surface area contributed by atoms with Crippen molar-refractivity contribution in [2.75, 3.05) is 0 Å². The van der Waals surface area contributed by atoms with Crippen LogP contribution in [-0.2, 0) is 11.0 Å². The molecule has 0 bridgehead atoms. The number of hydrogen-bond acceptors (Lipinski definition) is 1. The minimum atomic E-state index is -4.31. The summed E-state index contributed by atoms with van der Waals surface area (Å²) >= 11 is 0. The Kier molecular flexibility index (Phi) is 2.52. The first-order valence-corrected chi connectivity index (χ1v) is 5.07. The molecule has 0 spiro atoms. The van der Waals surface area contributed by atoms with E-state index in [1.807, 2.05) is 0 Å². The topological polar surface area (TPSA) is 17.1 Å². The van der Waals surface area contributed by atoms with E-state index < -0.39 is 11.7 Å². The molecule has 1 saturated carbocycles. The van der Waals surface area contributed by atoms with Gasteiger partial charge in [0.25, 0.3) is 0 Å². The third-order valence-electron chi connectivity index (χ3n) is 2.95. The van der Waals surface area contributed by atoms with Gasteiger partial charge >= 0.3 is 6.18 Å². The molecule has 0 unspecified atom stereocenters. The van der Waals surface area contributed by atoms with Crippen LogP contribution < -0.4 is 0 Å². The average molecular weight is 228 g/mol. The van der Waals surface area contributed by atoms with E-state index in [0.29, 0.717) is 12.0 Å². The summed E-state index contributed by atoms with van der Waals surface area (Å²) in [5.74, 6) is -0.0364. The first-order chi connectivity index (χ1) is 7.39. The minimum Gasteiger partial charge on any atom is -0.300 e. The van der Waals surface area contributed by atoms with Gasteiger partial charge in [-0.2, -0.15) is 13.2 Å². The SMILES string of the molecule is CC(=O)[C@@H]1C[C@@H]1c1cccc(C(F)(F)F)c1. The molecule has 1 nitrogen and oxygen atoms in total. The summed E-state index contributed by atoms with van der Waals surface area (Å²) in [5, 5.41) is 0. The highest BCUT2D eigenvalue weighted by Crippen LogP contribution is 2.48. The van der Waals surface area contributed by atoms with Crippen molar-refractivity contribution in [3.8, 4) is 0 Å². The fourth-order valence-corrected chi connectivity index (χ4v) is 1.96. The van der Waals surface area contributed by atoms with Crippen LogP contribution in [0.3, 0.4) is 0 Å². The first-order valence-electron chi connectivity index (χ1n) is 5.07. The number of rotatable bonds is 2. The van der Waals surface area contributed by atoms with Crippen LogP contribution in [0.4, 0.5) is 13.2 Å². The fourth-order valence-electron chi connectivity index (χ4n) is 1.96. The average Bonchev–Trinajstić information content (AvgIpc) is 2.96. The van der Waals surface area contributed by atoms with Crippen molar-refractivity contribution in [1.29, 1.82) is 0 Å². The Hall–Kier alpha value is -1.32. The first kappa shape index (κ1) is 11.2. The van der Waals surface area contributed by atoms with Crippen molar-refractivity contribution in [3.05, 3.63) is 35.4 Å². The second-order valence-corrected chi connectivity index (χ2v) is 4.18. The highest BCUT2D eigenvalue weighted by molar-refractivity contribution is 5.82. The molecule has 0 saturated heterocycles. The zero-order valence-corrected chi connectivity index (χ0v) is 8.71. The van der Waals surface area contributed by atoms with Gasteiger partial charge in [-0.05, 0) is 30.9 Å². The number of benzene rings is 1. The van der Waals surface area contributed by atoms with Crippen molar-refractivity contribution in [1.82, 2.24) is 0 Å². The normalized spacial score (nSPS) is 24.2. The number of carbonyl (C=O) groups excluding carboxylic acids is 1. The number of halogens is 3. The van der Waals surface area contributed by atoms with Crippen molar-refractivity contribution in [2.45, 2.75) is 25.4 Å². The van der Waals surface area contributed by atoms with E-state index in [2.05, 4.69) is 0 Å². The third kappa shape index (κ3) is 2.10. The van der Waals surface area contributed by atoms with Crippen LogP contribution in [-0.4, -0.2) is 5.78 Å². The standard InChI is InChI=1S/C12H11F3O/c1-7(16)10-6-11(10)8-3-2-4-9(5-8)12(13,14)15/h2-5,10-11H,6H2,1H3/t10-,11+/m0/s1. The van der Waals surface area contributed by atoms with E-state index in [4.69, 9.17) is 0 Å². The Balaban J connectivity index is 2.22. The molecular formula is C12H11F3O. The van der Waals surface area contributed by atoms with Gasteiger partial charge in [0.2, 0.25) is 0 Å². The lowest BCUT2D eigenvalue weighted by Gasteiger charge is -2.08. The summed E-state index contributed by atoms with van der Waals surface area (Å²) in [7, 11) is 0. The third-order valence-corrected chi connectivity index (χ3v) is 2.95. The molecule has 2 rings (SSSR count). The molecule has 86 valence electrons. The molecule has 1 aromatic rings. The molecule has 1 aliphatic rings. The van der Waals surface area contributed by atoms with Crippen LogP contribution in [0, 0.1) is 5.92 Å². The molecule has 1 aromatic carbocycles. The predicted molar refractivity (Wildman–Crippen MR) is 53.0 cm³/mol. The molecule has 16 heavy (non-hydrogen) atoms. The second-order valence-electron chi connectivity index (χ2n) is 4.18. The Bertz CT molecular complexity index is 423. The van der Waals surface area contributed by atoms with Crippen LogP contribution in [0.25, 0.3) is 0 Å². The maximum atomic E-state index is 12.4. The van der Waals surface area contributed by atoms with Gasteiger partial charge in [-0.25, -0.2) is 0 Å². The van der Waals surface area contributed by atoms with Crippen molar-refractivity contribution in [2.24, 2.45) is 5.92 Å². The number of Topliss-reactive ketones (excluding diaryl/α,β-unsaturated/α-hetero) is 1. The lowest BCUT2D eigenvalue weighted by atomic mass is 10.0. The Morgan fingerprint density at radius 2 is 2.06 bits per heavy atom. The summed E-state index contributed by atoms with van der Waals surface area (Å²) in [6.45, 7) is 1.48. The summed E-state index contributed by atoms with van der Waals surface area (Å²) < 4.78 is 37.3. The van der Waals surface area contributed by atoms with Crippen molar-refractivity contribution >= 4 is 5.78 Å². The van der Waals surface area contributed by atoms with Gasteiger partial charge in [-0.3, -0.25) is 4.79 Å². The van der Waals surface area contributed by atoms with Gasteiger partial charge < -0.3 is 0 Å². The van der Waals surface area contributed by atoms with Crippen LogP contribution in [0.1, 0.15) is 30.4 Å². The maximum absolute atomic E-state index is 12.4. The molecule has 0 heterocycles. The smallest absolute Gasteiger partial charge is 0.300 e. The van der Waals surface area contributed by atoms with Crippen LogP contribution in [0.5, 0.6) is 0 Å². The zero-order valence-electron chi connectivity index (χ0n) is 8.71. The van der Waals surface area contributed by atoms with Gasteiger partial charge in [0.15, 0.2) is 0 Å². The van der Waals surface area contributed by atoms with E-state index in [1.165, 1.54) is 13.0 Å². The lowest BCUT2D eigenvalue weighted by molar-refractivity contribution is -0.137. The van der Waals surface area contributed by atoms with E-state index in [0.717, 1.165) is 12.1 Å². The second kappa shape index (κ2) is 3.61. The summed E-state index contributed by atoms with van der Waals surface area (Å²) in [5.41, 5.74) is -0.0192. The molecule has 0 radical (unpaired) electrons. The molecular weight excluding hydrogens is 217 g/mol. The van der Waals surface area contributed by atoms with E-state index >= 15 is 0 Å². The van der Waals surface area contributed by atoms with Gasteiger partial charge in [0.05, 0.1) is 5.56 Å². The largest absolute Gasteiger partial charge is 0.416 e. The Morgan fingerprint density at radius 3 is 2.56 bits per heavy atom. The molecule has 0 aliphatic heterocycles. The Morgan fingerprint density at radius 1 is 1.38 bits per heavy atom. The number of ketones is 1. The molecule has 4 heteroatoms. The molecule has 0 aromatic heterocycles. The summed E-state index contributed by atoms with van der Waals surface area (Å²) in [4.78, 5) is 11.0. The summed E-state index contributed by atoms with van der Waals surface area (Å²) in [6.07, 6.45) is -3.63. The minimum absolute atomic E-state index is 0.0141. The molecule has 1 fully saturated rings. The maximum Gasteiger partial charge on any atom is 0.416 e. The number of alkyl halides is 3. The number of carbonyl (C=O) groups is 1. The summed E-state index contributed by atoms with van der Waals surface area (Å²) in [6, 6.07) is 5.25.